The van der Waals surface area contributed by atoms with Crippen LogP contribution in [0.3, 0.4) is 0 Å². The fourth-order valence-electron chi connectivity index (χ4n) is 4.71. The van der Waals surface area contributed by atoms with Crippen LogP contribution in [0.1, 0.15) is 39.7 Å². The van der Waals surface area contributed by atoms with Gasteiger partial charge in [0.1, 0.15) is 29.9 Å². The lowest BCUT2D eigenvalue weighted by atomic mass is 10.1. The molecule has 0 aromatic heterocycles. The molecule has 0 spiro atoms. The van der Waals surface area contributed by atoms with Crippen molar-refractivity contribution in [1.29, 1.82) is 0 Å². The van der Waals surface area contributed by atoms with E-state index in [1.54, 1.807) is 61.5 Å². The zero-order chi connectivity index (χ0) is 32.6. The van der Waals surface area contributed by atoms with Crippen LogP contribution in [0.15, 0.2) is 114 Å². The van der Waals surface area contributed by atoms with Gasteiger partial charge in [-0.15, -0.1) is 0 Å². The highest BCUT2D eigenvalue weighted by atomic mass is 32.2. The average molecular weight is 632 g/mol. The number of nitrogens with zero attached hydrogens (tertiary/aromatic N) is 2. The third-order valence-electron chi connectivity index (χ3n) is 6.86. The minimum absolute atomic E-state index is 0.00464. The zero-order valence-corrected chi connectivity index (χ0v) is 26.6. The van der Waals surface area contributed by atoms with E-state index in [1.165, 1.54) is 41.3 Å². The fraction of sp³-hybridized carbons (Fsp3) is 0.257. The number of carbonyl (C=O) groups is 2. The van der Waals surface area contributed by atoms with Gasteiger partial charge in [0, 0.05) is 12.1 Å². The van der Waals surface area contributed by atoms with Crippen molar-refractivity contribution in [3.05, 3.63) is 121 Å². The Kier molecular flexibility index (Phi) is 10.6. The molecule has 8 nitrogen and oxygen atoms in total. The van der Waals surface area contributed by atoms with Crippen molar-refractivity contribution in [2.75, 3.05) is 10.8 Å². The number of benzene rings is 4. The number of halogens is 1. The summed E-state index contributed by atoms with van der Waals surface area (Å²) in [6.45, 7) is 6.67. The van der Waals surface area contributed by atoms with Gasteiger partial charge in [-0.05, 0) is 93.4 Å². The number of amides is 2. The van der Waals surface area contributed by atoms with Crippen LogP contribution < -0.4 is 14.4 Å². The topological polar surface area (TPSA) is 96.0 Å². The van der Waals surface area contributed by atoms with E-state index in [1.807, 2.05) is 39.0 Å². The number of ether oxygens (including phenoxy) is 1. The number of nitrogens with one attached hydrogen (secondary N) is 1. The summed E-state index contributed by atoms with van der Waals surface area (Å²) >= 11 is 0. The first kappa shape index (κ1) is 33.2. The summed E-state index contributed by atoms with van der Waals surface area (Å²) < 4.78 is 48.7. The maximum Gasteiger partial charge on any atom is 0.264 e. The van der Waals surface area contributed by atoms with Crippen molar-refractivity contribution in [3.8, 4) is 11.5 Å². The first-order chi connectivity index (χ1) is 21.4. The molecule has 0 aliphatic carbocycles. The van der Waals surface area contributed by atoms with Crippen LogP contribution in [-0.4, -0.2) is 43.3 Å². The smallest absolute Gasteiger partial charge is 0.264 e. The molecule has 4 rings (SSSR count). The van der Waals surface area contributed by atoms with Crippen LogP contribution in [0, 0.1) is 5.82 Å². The standard InChI is InChI=1S/C35H38FN3O5S/c1-5-32(34(41)37-35(2,3)4)38(24-26-16-18-27(36)19-17-26)33(40)25-39(45(42,43)31-14-10-7-11-15-31)28-20-22-30(23-21-28)44-29-12-8-6-9-13-29/h6-23,32H,5,24-25H2,1-4H3,(H,37,41). The van der Waals surface area contributed by atoms with E-state index in [4.69, 9.17) is 4.74 Å². The Morgan fingerprint density at radius 2 is 1.38 bits per heavy atom. The molecule has 236 valence electrons. The number of rotatable bonds is 12. The molecule has 4 aromatic carbocycles. The molecule has 0 bridgehead atoms. The second kappa shape index (κ2) is 14.4. The summed E-state index contributed by atoms with van der Waals surface area (Å²) in [4.78, 5) is 29.0. The summed E-state index contributed by atoms with van der Waals surface area (Å²) in [5.41, 5.74) is 0.259. The first-order valence-corrected chi connectivity index (χ1v) is 16.1. The highest BCUT2D eigenvalue weighted by molar-refractivity contribution is 7.92. The lowest BCUT2D eigenvalue weighted by Gasteiger charge is -2.34. The Balaban J connectivity index is 1.72. The average Bonchev–Trinajstić information content (AvgIpc) is 3.01. The Labute approximate surface area is 264 Å². The van der Waals surface area contributed by atoms with E-state index in [2.05, 4.69) is 5.32 Å². The molecule has 1 atom stereocenters. The van der Waals surface area contributed by atoms with E-state index in [9.17, 15) is 22.4 Å². The van der Waals surface area contributed by atoms with Crippen LogP contribution in [0.2, 0.25) is 0 Å². The van der Waals surface area contributed by atoms with Gasteiger partial charge in [0.25, 0.3) is 10.0 Å². The number of anilines is 1. The zero-order valence-electron chi connectivity index (χ0n) is 25.8. The highest BCUT2D eigenvalue weighted by Gasteiger charge is 2.34. The molecule has 1 N–H and O–H groups in total. The SMILES string of the molecule is CCC(C(=O)NC(C)(C)C)N(Cc1ccc(F)cc1)C(=O)CN(c1ccc(Oc2ccccc2)cc1)S(=O)(=O)c1ccccc1. The van der Waals surface area contributed by atoms with E-state index >= 15 is 0 Å². The first-order valence-electron chi connectivity index (χ1n) is 14.6. The molecular weight excluding hydrogens is 593 g/mol. The lowest BCUT2D eigenvalue weighted by molar-refractivity contribution is -0.141. The second-order valence-electron chi connectivity index (χ2n) is 11.5. The maximum absolute atomic E-state index is 14.2. The molecule has 0 aliphatic heterocycles. The van der Waals surface area contributed by atoms with Gasteiger partial charge in [-0.2, -0.15) is 0 Å². The molecular formula is C35H38FN3O5S. The summed E-state index contributed by atoms with van der Waals surface area (Å²) in [7, 11) is -4.22. The van der Waals surface area contributed by atoms with Crippen molar-refractivity contribution in [2.45, 2.75) is 57.1 Å². The molecule has 0 aliphatic rings. The minimum Gasteiger partial charge on any atom is -0.457 e. The van der Waals surface area contributed by atoms with Crippen molar-refractivity contribution < 1.29 is 27.1 Å². The maximum atomic E-state index is 14.2. The molecule has 1 unspecified atom stereocenters. The van der Waals surface area contributed by atoms with Gasteiger partial charge in [-0.25, -0.2) is 12.8 Å². The van der Waals surface area contributed by atoms with Gasteiger partial charge in [0.05, 0.1) is 10.6 Å². The number of hydrogen-bond donors (Lipinski definition) is 1. The molecule has 0 saturated carbocycles. The van der Waals surface area contributed by atoms with Crippen molar-refractivity contribution in [2.24, 2.45) is 0 Å². The van der Waals surface area contributed by atoms with E-state index in [0.717, 1.165) is 4.31 Å². The van der Waals surface area contributed by atoms with Crippen LogP contribution >= 0.6 is 0 Å². The van der Waals surface area contributed by atoms with E-state index < -0.39 is 39.9 Å². The predicted octanol–water partition coefficient (Wildman–Crippen LogP) is 6.54. The summed E-state index contributed by atoms with van der Waals surface area (Å²) in [6.07, 6.45) is 0.270. The lowest BCUT2D eigenvalue weighted by Crippen LogP contribution is -2.55. The molecule has 45 heavy (non-hydrogen) atoms. The Hall–Kier alpha value is -4.70. The number of para-hydroxylation sites is 1. The van der Waals surface area contributed by atoms with Crippen LogP contribution in [0.5, 0.6) is 11.5 Å². The molecule has 0 radical (unpaired) electrons. The van der Waals surface area contributed by atoms with E-state index in [0.29, 0.717) is 17.1 Å². The predicted molar refractivity (Wildman–Crippen MR) is 173 cm³/mol. The Morgan fingerprint density at radius 3 is 1.93 bits per heavy atom. The van der Waals surface area contributed by atoms with Gasteiger partial charge in [-0.1, -0.05) is 55.5 Å². The quantitative estimate of drug-likeness (QED) is 0.192. The molecule has 0 saturated heterocycles. The van der Waals surface area contributed by atoms with E-state index in [-0.39, 0.29) is 29.5 Å². The molecule has 4 aromatic rings. The van der Waals surface area contributed by atoms with Gasteiger partial charge >= 0.3 is 0 Å². The number of carbonyl (C=O) groups excluding carboxylic acids is 2. The van der Waals surface area contributed by atoms with Crippen molar-refractivity contribution in [1.82, 2.24) is 10.2 Å². The van der Waals surface area contributed by atoms with Crippen LogP contribution in [0.4, 0.5) is 10.1 Å². The van der Waals surface area contributed by atoms with Crippen LogP contribution in [0.25, 0.3) is 0 Å². The summed E-state index contributed by atoms with van der Waals surface area (Å²) in [6, 6.07) is 28.1. The van der Waals surface area contributed by atoms with Crippen LogP contribution in [-0.2, 0) is 26.2 Å². The highest BCUT2D eigenvalue weighted by Crippen LogP contribution is 2.29. The summed E-state index contributed by atoms with van der Waals surface area (Å²) in [5, 5.41) is 2.93. The summed E-state index contributed by atoms with van der Waals surface area (Å²) in [5.74, 6) is -0.311. The van der Waals surface area contributed by atoms with Gasteiger partial charge in [0.15, 0.2) is 0 Å². The molecule has 0 fully saturated rings. The fourth-order valence-corrected chi connectivity index (χ4v) is 6.15. The minimum atomic E-state index is -4.22. The van der Waals surface area contributed by atoms with Gasteiger partial charge in [0.2, 0.25) is 11.8 Å². The van der Waals surface area contributed by atoms with Gasteiger partial charge < -0.3 is 15.0 Å². The Bertz CT molecular complexity index is 1680. The molecule has 0 heterocycles. The normalized spacial score (nSPS) is 12.2. The van der Waals surface area contributed by atoms with Gasteiger partial charge in [-0.3, -0.25) is 13.9 Å². The number of sulfonamides is 1. The third kappa shape index (κ3) is 8.92. The monoisotopic (exact) mass is 631 g/mol. The Morgan fingerprint density at radius 1 is 0.822 bits per heavy atom. The molecule has 2 amide bonds. The molecule has 10 heteroatoms. The van der Waals surface area contributed by atoms with Crippen molar-refractivity contribution in [3.63, 3.8) is 0 Å². The largest absolute Gasteiger partial charge is 0.457 e. The van der Waals surface area contributed by atoms with Crippen molar-refractivity contribution >= 4 is 27.5 Å². The third-order valence-corrected chi connectivity index (χ3v) is 8.65. The number of hydrogen-bond acceptors (Lipinski definition) is 5. The second-order valence-corrected chi connectivity index (χ2v) is 13.4.